The second kappa shape index (κ2) is 7.80. The molecule has 0 saturated carbocycles. The standard InChI is InChI=1S/C14H18N4O2S/c1-11(13(19)16-12-6-4-3-5-7-12)21-14-17-15-10-18(14)8-9-20-2/h3-7,10-11H,8-9H2,1-2H3,(H,16,19). The highest BCUT2D eigenvalue weighted by Gasteiger charge is 2.17. The molecule has 112 valence electrons. The van der Waals surface area contributed by atoms with Crippen LogP contribution in [-0.4, -0.2) is 39.6 Å². The van der Waals surface area contributed by atoms with Gasteiger partial charge < -0.3 is 14.6 Å². The molecule has 2 aromatic rings. The van der Waals surface area contributed by atoms with Gasteiger partial charge in [0.1, 0.15) is 6.33 Å². The van der Waals surface area contributed by atoms with Crippen molar-refractivity contribution >= 4 is 23.4 Å². The van der Waals surface area contributed by atoms with Crippen molar-refractivity contribution in [1.82, 2.24) is 14.8 Å². The lowest BCUT2D eigenvalue weighted by atomic mass is 10.3. The van der Waals surface area contributed by atoms with E-state index >= 15 is 0 Å². The number of ether oxygens (including phenoxy) is 1. The number of benzene rings is 1. The molecule has 21 heavy (non-hydrogen) atoms. The first-order valence-corrected chi connectivity index (χ1v) is 7.48. The Morgan fingerprint density at radius 3 is 2.90 bits per heavy atom. The first kappa shape index (κ1) is 15.5. The Bertz CT molecular complexity index is 573. The van der Waals surface area contributed by atoms with Crippen LogP contribution in [0.5, 0.6) is 0 Å². The molecule has 0 aliphatic rings. The Labute approximate surface area is 127 Å². The van der Waals surface area contributed by atoms with Crippen molar-refractivity contribution < 1.29 is 9.53 Å². The van der Waals surface area contributed by atoms with E-state index in [1.807, 2.05) is 41.8 Å². The average Bonchev–Trinajstić information content (AvgIpc) is 2.93. The number of aromatic nitrogens is 3. The van der Waals surface area contributed by atoms with Crippen molar-refractivity contribution in [3.63, 3.8) is 0 Å². The zero-order valence-electron chi connectivity index (χ0n) is 12.0. The molecule has 0 fully saturated rings. The number of rotatable bonds is 7. The van der Waals surface area contributed by atoms with Crippen molar-refractivity contribution in [3.05, 3.63) is 36.7 Å². The summed E-state index contributed by atoms with van der Waals surface area (Å²) < 4.78 is 6.91. The number of para-hydroxylation sites is 1. The summed E-state index contributed by atoms with van der Waals surface area (Å²) in [5.74, 6) is -0.0625. The van der Waals surface area contributed by atoms with Crippen molar-refractivity contribution in [2.45, 2.75) is 23.9 Å². The monoisotopic (exact) mass is 306 g/mol. The van der Waals surface area contributed by atoms with E-state index in [0.717, 1.165) is 5.69 Å². The van der Waals surface area contributed by atoms with Gasteiger partial charge in [0.05, 0.1) is 11.9 Å². The van der Waals surface area contributed by atoms with Crippen LogP contribution >= 0.6 is 11.8 Å². The van der Waals surface area contributed by atoms with Gasteiger partial charge in [-0.15, -0.1) is 10.2 Å². The molecule has 1 amide bonds. The second-order valence-corrected chi connectivity index (χ2v) is 5.72. The maximum Gasteiger partial charge on any atom is 0.237 e. The van der Waals surface area contributed by atoms with Gasteiger partial charge in [-0.2, -0.15) is 0 Å². The maximum atomic E-state index is 12.1. The molecule has 1 aromatic carbocycles. The molecule has 0 aliphatic heterocycles. The van der Waals surface area contributed by atoms with E-state index in [1.54, 1.807) is 13.4 Å². The van der Waals surface area contributed by atoms with E-state index in [4.69, 9.17) is 4.74 Å². The van der Waals surface area contributed by atoms with Crippen molar-refractivity contribution in [2.75, 3.05) is 19.0 Å². The molecule has 0 spiro atoms. The summed E-state index contributed by atoms with van der Waals surface area (Å²) in [4.78, 5) is 12.1. The smallest absolute Gasteiger partial charge is 0.237 e. The number of thioether (sulfide) groups is 1. The Kier molecular flexibility index (Phi) is 5.77. The summed E-state index contributed by atoms with van der Waals surface area (Å²) in [5, 5.41) is 11.2. The minimum absolute atomic E-state index is 0.0625. The molecule has 0 bridgehead atoms. The van der Waals surface area contributed by atoms with E-state index in [9.17, 15) is 4.79 Å². The average molecular weight is 306 g/mol. The Hall–Kier alpha value is -1.86. The van der Waals surface area contributed by atoms with Crippen LogP contribution in [0.4, 0.5) is 5.69 Å². The minimum atomic E-state index is -0.268. The van der Waals surface area contributed by atoms with Crippen LogP contribution < -0.4 is 5.32 Å². The SMILES string of the molecule is COCCn1cnnc1SC(C)C(=O)Nc1ccccc1. The molecule has 7 heteroatoms. The third kappa shape index (κ3) is 4.57. The topological polar surface area (TPSA) is 69.0 Å². The van der Waals surface area contributed by atoms with Gasteiger partial charge in [0.15, 0.2) is 5.16 Å². The van der Waals surface area contributed by atoms with Gasteiger partial charge >= 0.3 is 0 Å². The van der Waals surface area contributed by atoms with Gasteiger partial charge in [-0.3, -0.25) is 4.79 Å². The van der Waals surface area contributed by atoms with Crippen LogP contribution in [0.3, 0.4) is 0 Å². The number of nitrogens with one attached hydrogen (secondary N) is 1. The molecule has 0 aliphatic carbocycles. The fourth-order valence-corrected chi connectivity index (χ4v) is 2.51. The van der Waals surface area contributed by atoms with Gasteiger partial charge in [-0.25, -0.2) is 0 Å². The van der Waals surface area contributed by atoms with Gasteiger partial charge in [0.2, 0.25) is 5.91 Å². The largest absolute Gasteiger partial charge is 0.383 e. The lowest BCUT2D eigenvalue weighted by Gasteiger charge is -2.12. The second-order valence-electron chi connectivity index (χ2n) is 4.42. The molecule has 0 radical (unpaired) electrons. The number of amides is 1. The number of hydrogen-bond acceptors (Lipinski definition) is 5. The van der Waals surface area contributed by atoms with Gasteiger partial charge in [-0.05, 0) is 19.1 Å². The van der Waals surface area contributed by atoms with Crippen LogP contribution in [0.2, 0.25) is 0 Å². The molecule has 1 atom stereocenters. The number of nitrogens with zero attached hydrogens (tertiary/aromatic N) is 3. The quantitative estimate of drug-likeness (QED) is 0.793. The van der Waals surface area contributed by atoms with Crippen LogP contribution in [0.1, 0.15) is 6.92 Å². The summed E-state index contributed by atoms with van der Waals surface area (Å²) in [5.41, 5.74) is 0.788. The molecule has 1 aromatic heterocycles. The van der Waals surface area contributed by atoms with Crippen molar-refractivity contribution in [3.8, 4) is 0 Å². The van der Waals surface area contributed by atoms with E-state index in [2.05, 4.69) is 15.5 Å². The van der Waals surface area contributed by atoms with E-state index in [1.165, 1.54) is 11.8 Å². The molecule has 2 rings (SSSR count). The van der Waals surface area contributed by atoms with Crippen molar-refractivity contribution in [2.24, 2.45) is 0 Å². The molecular weight excluding hydrogens is 288 g/mol. The normalized spacial score (nSPS) is 12.1. The summed E-state index contributed by atoms with van der Waals surface area (Å²) >= 11 is 1.38. The highest BCUT2D eigenvalue weighted by Crippen LogP contribution is 2.22. The number of carbonyl (C=O) groups is 1. The highest BCUT2D eigenvalue weighted by molar-refractivity contribution is 8.00. The molecule has 1 heterocycles. The number of anilines is 1. The minimum Gasteiger partial charge on any atom is -0.383 e. The van der Waals surface area contributed by atoms with Crippen LogP contribution in [0, 0.1) is 0 Å². The molecular formula is C14H18N4O2S. The number of hydrogen-bond donors (Lipinski definition) is 1. The predicted octanol–water partition coefficient (Wildman–Crippen LogP) is 2.04. The molecule has 1 N–H and O–H groups in total. The van der Waals surface area contributed by atoms with E-state index in [0.29, 0.717) is 18.3 Å². The van der Waals surface area contributed by atoms with Gasteiger partial charge in [-0.1, -0.05) is 30.0 Å². The zero-order chi connectivity index (χ0) is 15.1. The molecule has 1 unspecified atom stereocenters. The summed E-state index contributed by atoms with van der Waals surface area (Å²) in [6.45, 7) is 3.09. The summed E-state index contributed by atoms with van der Waals surface area (Å²) in [6.07, 6.45) is 1.64. The summed E-state index contributed by atoms with van der Waals surface area (Å²) in [6, 6.07) is 9.39. The number of methoxy groups -OCH3 is 1. The fraction of sp³-hybridized carbons (Fsp3) is 0.357. The highest BCUT2D eigenvalue weighted by atomic mass is 32.2. The van der Waals surface area contributed by atoms with Crippen LogP contribution in [0.15, 0.2) is 41.8 Å². The molecule has 6 nitrogen and oxygen atoms in total. The first-order valence-electron chi connectivity index (χ1n) is 6.60. The third-order valence-electron chi connectivity index (χ3n) is 2.81. The molecule has 0 saturated heterocycles. The fourth-order valence-electron chi connectivity index (χ4n) is 1.66. The lowest BCUT2D eigenvalue weighted by Crippen LogP contribution is -2.23. The predicted molar refractivity (Wildman–Crippen MR) is 82.3 cm³/mol. The maximum absolute atomic E-state index is 12.1. The Balaban J connectivity index is 1.93. The number of carbonyl (C=O) groups excluding carboxylic acids is 1. The Morgan fingerprint density at radius 1 is 1.43 bits per heavy atom. The first-order chi connectivity index (χ1) is 10.2. The van der Waals surface area contributed by atoms with Gasteiger partial charge in [0.25, 0.3) is 0 Å². The van der Waals surface area contributed by atoms with E-state index < -0.39 is 0 Å². The van der Waals surface area contributed by atoms with Gasteiger partial charge in [0, 0.05) is 19.3 Å². The lowest BCUT2D eigenvalue weighted by molar-refractivity contribution is -0.115. The van der Waals surface area contributed by atoms with E-state index in [-0.39, 0.29) is 11.2 Å². The third-order valence-corrected chi connectivity index (χ3v) is 3.90. The summed E-state index contributed by atoms with van der Waals surface area (Å²) in [7, 11) is 1.65. The Morgan fingerprint density at radius 2 is 2.19 bits per heavy atom. The zero-order valence-corrected chi connectivity index (χ0v) is 12.8. The van der Waals surface area contributed by atoms with Crippen LogP contribution in [-0.2, 0) is 16.1 Å². The van der Waals surface area contributed by atoms with Crippen molar-refractivity contribution in [1.29, 1.82) is 0 Å². The van der Waals surface area contributed by atoms with Crippen LogP contribution in [0.25, 0.3) is 0 Å².